The summed E-state index contributed by atoms with van der Waals surface area (Å²) in [6.45, 7) is 0.257. The van der Waals surface area contributed by atoms with E-state index in [0.717, 1.165) is 5.56 Å². The Morgan fingerprint density at radius 3 is 2.40 bits per heavy atom. The van der Waals surface area contributed by atoms with Gasteiger partial charge in [0.15, 0.2) is 0 Å². The highest BCUT2D eigenvalue weighted by molar-refractivity contribution is 7.89. The molecule has 0 unspecified atom stereocenters. The van der Waals surface area contributed by atoms with Gasteiger partial charge in [-0.15, -0.1) is 0 Å². The van der Waals surface area contributed by atoms with Gasteiger partial charge in [0.1, 0.15) is 0 Å². The lowest BCUT2D eigenvalue weighted by atomic mass is 10.2. The van der Waals surface area contributed by atoms with E-state index in [1.165, 1.54) is 23.5 Å². The third-order valence-electron chi connectivity index (χ3n) is 2.88. The number of hydrogen-bond acceptors (Lipinski definition) is 3. The minimum absolute atomic E-state index is 0.219. The Labute approximate surface area is 123 Å². The van der Waals surface area contributed by atoms with Crippen molar-refractivity contribution in [3.63, 3.8) is 0 Å². The smallest absolute Gasteiger partial charge is 0.243 e. The lowest BCUT2D eigenvalue weighted by molar-refractivity contribution is 0.467. The Bertz CT molecular complexity index is 699. The first kappa shape index (κ1) is 14.8. The molecule has 2 rings (SSSR count). The van der Waals surface area contributed by atoms with Gasteiger partial charge in [0.25, 0.3) is 0 Å². The van der Waals surface area contributed by atoms with Crippen molar-refractivity contribution in [2.45, 2.75) is 11.4 Å². The van der Waals surface area contributed by atoms with Crippen LogP contribution in [0.5, 0.6) is 0 Å². The van der Waals surface area contributed by atoms with Crippen LogP contribution in [0.4, 0.5) is 5.69 Å². The second kappa shape index (κ2) is 5.83. The highest BCUT2D eigenvalue weighted by Gasteiger charge is 2.20. The van der Waals surface area contributed by atoms with Gasteiger partial charge >= 0.3 is 0 Å². The molecule has 4 nitrogen and oxygen atoms in total. The first-order chi connectivity index (χ1) is 9.39. The predicted octanol–water partition coefficient (Wildman–Crippen LogP) is 2.74. The molecule has 0 bridgehead atoms. The second-order valence-corrected chi connectivity index (χ2v) is 6.94. The molecular weight excluding hydrogens is 296 g/mol. The molecule has 0 aliphatic heterocycles. The second-order valence-electron chi connectivity index (χ2n) is 4.46. The molecule has 20 heavy (non-hydrogen) atoms. The maximum absolute atomic E-state index is 12.4. The summed E-state index contributed by atoms with van der Waals surface area (Å²) >= 11 is 5.90. The zero-order valence-electron chi connectivity index (χ0n) is 11.0. The highest BCUT2D eigenvalue weighted by Crippen LogP contribution is 2.19. The topological polar surface area (TPSA) is 63.4 Å². The SMILES string of the molecule is CN(Cc1cccc(Cl)c1)S(=O)(=O)c1ccc(N)cc1. The molecule has 0 amide bonds. The summed E-state index contributed by atoms with van der Waals surface area (Å²) < 4.78 is 26.1. The molecule has 0 saturated heterocycles. The molecule has 2 aromatic rings. The van der Waals surface area contributed by atoms with Crippen molar-refractivity contribution in [1.82, 2.24) is 4.31 Å². The normalized spacial score (nSPS) is 11.8. The maximum atomic E-state index is 12.4. The van der Waals surface area contributed by atoms with Crippen molar-refractivity contribution in [2.75, 3.05) is 12.8 Å². The fourth-order valence-corrected chi connectivity index (χ4v) is 3.17. The molecule has 0 saturated carbocycles. The van der Waals surface area contributed by atoms with Crippen LogP contribution in [-0.4, -0.2) is 19.8 Å². The fourth-order valence-electron chi connectivity index (χ4n) is 1.80. The number of anilines is 1. The molecule has 0 aromatic heterocycles. The monoisotopic (exact) mass is 310 g/mol. The van der Waals surface area contributed by atoms with Crippen molar-refractivity contribution in [3.05, 3.63) is 59.1 Å². The van der Waals surface area contributed by atoms with Crippen LogP contribution < -0.4 is 5.73 Å². The largest absolute Gasteiger partial charge is 0.399 e. The van der Waals surface area contributed by atoms with E-state index in [9.17, 15) is 8.42 Å². The lowest BCUT2D eigenvalue weighted by Crippen LogP contribution is -2.26. The molecule has 2 N–H and O–H groups in total. The number of hydrogen-bond donors (Lipinski definition) is 1. The molecular formula is C14H15ClN2O2S. The van der Waals surface area contributed by atoms with Gasteiger partial charge in [-0.05, 0) is 42.0 Å². The number of nitrogens with zero attached hydrogens (tertiary/aromatic N) is 1. The third kappa shape index (κ3) is 3.30. The van der Waals surface area contributed by atoms with Crippen LogP contribution in [-0.2, 0) is 16.6 Å². The quantitative estimate of drug-likeness (QED) is 0.883. The fraction of sp³-hybridized carbons (Fsp3) is 0.143. The number of nitrogen functional groups attached to an aromatic ring is 1. The average molecular weight is 311 g/mol. The van der Waals surface area contributed by atoms with Crippen LogP contribution in [0.3, 0.4) is 0 Å². The molecule has 6 heteroatoms. The molecule has 106 valence electrons. The minimum atomic E-state index is -3.53. The molecule has 0 aliphatic carbocycles. The van der Waals surface area contributed by atoms with Gasteiger partial charge in [-0.3, -0.25) is 0 Å². The highest BCUT2D eigenvalue weighted by atomic mass is 35.5. The maximum Gasteiger partial charge on any atom is 0.243 e. The predicted molar refractivity (Wildman–Crippen MR) is 81.0 cm³/mol. The Morgan fingerprint density at radius 2 is 1.80 bits per heavy atom. The van der Waals surface area contributed by atoms with Gasteiger partial charge < -0.3 is 5.73 Å². The van der Waals surface area contributed by atoms with E-state index in [1.807, 2.05) is 6.07 Å². The molecule has 0 spiro atoms. The van der Waals surface area contributed by atoms with E-state index in [1.54, 1.807) is 30.3 Å². The van der Waals surface area contributed by atoms with Gasteiger partial charge in [0.05, 0.1) is 4.90 Å². The van der Waals surface area contributed by atoms with Gasteiger partial charge in [-0.2, -0.15) is 4.31 Å². The van der Waals surface area contributed by atoms with Gasteiger partial charge in [-0.25, -0.2) is 8.42 Å². The van der Waals surface area contributed by atoms with Crippen LogP contribution in [0.25, 0.3) is 0 Å². The van der Waals surface area contributed by atoms with Gasteiger partial charge in [-0.1, -0.05) is 23.7 Å². The summed E-state index contributed by atoms with van der Waals surface area (Å²) in [4.78, 5) is 0.219. The lowest BCUT2D eigenvalue weighted by Gasteiger charge is -2.17. The van der Waals surface area contributed by atoms with Crippen LogP contribution in [0.2, 0.25) is 5.02 Å². The van der Waals surface area contributed by atoms with E-state index < -0.39 is 10.0 Å². The molecule has 0 fully saturated rings. The van der Waals surface area contributed by atoms with Crippen molar-refractivity contribution in [1.29, 1.82) is 0 Å². The Kier molecular flexibility index (Phi) is 4.32. The van der Waals surface area contributed by atoms with E-state index >= 15 is 0 Å². The van der Waals surface area contributed by atoms with E-state index in [4.69, 9.17) is 17.3 Å². The van der Waals surface area contributed by atoms with Crippen LogP contribution in [0.1, 0.15) is 5.56 Å². The summed E-state index contributed by atoms with van der Waals surface area (Å²) in [5, 5.41) is 0.584. The average Bonchev–Trinajstić information content (AvgIpc) is 2.39. The van der Waals surface area contributed by atoms with Gasteiger partial charge in [0, 0.05) is 24.3 Å². The number of benzene rings is 2. The van der Waals surface area contributed by atoms with Crippen molar-refractivity contribution in [2.24, 2.45) is 0 Å². The van der Waals surface area contributed by atoms with Crippen LogP contribution in [0.15, 0.2) is 53.4 Å². The van der Waals surface area contributed by atoms with Crippen molar-refractivity contribution < 1.29 is 8.42 Å². The third-order valence-corrected chi connectivity index (χ3v) is 4.94. The van der Waals surface area contributed by atoms with E-state index in [0.29, 0.717) is 10.7 Å². The summed E-state index contributed by atoms with van der Waals surface area (Å²) in [6.07, 6.45) is 0. The zero-order chi connectivity index (χ0) is 14.8. The number of rotatable bonds is 4. The number of nitrogens with two attached hydrogens (primary N) is 1. The van der Waals surface area contributed by atoms with Crippen molar-refractivity contribution >= 4 is 27.3 Å². The molecule has 0 atom stereocenters. The summed E-state index contributed by atoms with van der Waals surface area (Å²) in [5.41, 5.74) is 6.92. The summed E-state index contributed by atoms with van der Waals surface area (Å²) in [5.74, 6) is 0. The van der Waals surface area contributed by atoms with Gasteiger partial charge in [0.2, 0.25) is 10.0 Å². The Morgan fingerprint density at radius 1 is 1.15 bits per heavy atom. The Hall–Kier alpha value is -1.56. The Balaban J connectivity index is 2.23. The van der Waals surface area contributed by atoms with Crippen LogP contribution >= 0.6 is 11.6 Å². The standard InChI is InChI=1S/C14H15ClN2O2S/c1-17(10-11-3-2-4-12(15)9-11)20(18,19)14-7-5-13(16)6-8-14/h2-9H,10,16H2,1H3. The minimum Gasteiger partial charge on any atom is -0.399 e. The first-order valence-corrected chi connectivity index (χ1v) is 7.78. The molecule has 0 heterocycles. The zero-order valence-corrected chi connectivity index (χ0v) is 12.5. The molecule has 0 radical (unpaired) electrons. The number of halogens is 1. The molecule has 2 aromatic carbocycles. The van der Waals surface area contributed by atoms with E-state index in [-0.39, 0.29) is 11.4 Å². The summed E-state index contributed by atoms with van der Waals surface area (Å²) in [7, 11) is -2.00. The van der Waals surface area contributed by atoms with Crippen molar-refractivity contribution in [3.8, 4) is 0 Å². The molecule has 0 aliphatic rings. The number of sulfonamides is 1. The first-order valence-electron chi connectivity index (χ1n) is 5.96. The van der Waals surface area contributed by atoms with E-state index in [2.05, 4.69) is 0 Å². The summed E-state index contributed by atoms with van der Waals surface area (Å²) in [6, 6.07) is 13.3. The van der Waals surface area contributed by atoms with Crippen LogP contribution in [0, 0.1) is 0 Å².